The second-order valence-corrected chi connectivity index (χ2v) is 7.24. The highest BCUT2D eigenvalue weighted by atomic mass is 16.5. The number of hydrogen-bond donors (Lipinski definition) is 1. The molecule has 1 atom stereocenters. The monoisotopic (exact) mass is 383 g/mol. The van der Waals surface area contributed by atoms with E-state index in [-0.39, 0.29) is 17.7 Å². The standard InChI is InChI=1S/C21H25N3O4/c1-14-19(20-17(25)6-4-7-18(20)28-14)21(26)23-13-16(15-5-2-3-8-22-15)24-9-11-27-12-10-24/h2-3,5,8,16H,4,6-7,9-13H2,1H3,(H,23,26)/t16-/m1/s1. The second kappa shape index (κ2) is 8.24. The fourth-order valence-electron chi connectivity index (χ4n) is 4.04. The van der Waals surface area contributed by atoms with E-state index in [1.54, 1.807) is 13.1 Å². The van der Waals surface area contributed by atoms with Gasteiger partial charge in [-0.25, -0.2) is 0 Å². The van der Waals surface area contributed by atoms with E-state index in [2.05, 4.69) is 15.2 Å². The van der Waals surface area contributed by atoms with E-state index in [4.69, 9.17) is 9.15 Å². The van der Waals surface area contributed by atoms with E-state index >= 15 is 0 Å². The number of nitrogens with one attached hydrogen (secondary N) is 1. The summed E-state index contributed by atoms with van der Waals surface area (Å²) in [6, 6.07) is 5.76. The lowest BCUT2D eigenvalue weighted by atomic mass is 9.93. The van der Waals surface area contributed by atoms with Gasteiger partial charge in [0.2, 0.25) is 0 Å². The lowest BCUT2D eigenvalue weighted by Crippen LogP contribution is -2.44. The summed E-state index contributed by atoms with van der Waals surface area (Å²) < 4.78 is 11.2. The van der Waals surface area contributed by atoms with Crippen LogP contribution in [0.5, 0.6) is 0 Å². The largest absolute Gasteiger partial charge is 0.465 e. The number of Topliss-reactive ketones (excluding diaryl/α,β-unsaturated/α-hetero) is 1. The van der Waals surface area contributed by atoms with Crippen molar-refractivity contribution in [2.75, 3.05) is 32.8 Å². The van der Waals surface area contributed by atoms with Crippen molar-refractivity contribution in [2.45, 2.75) is 32.2 Å². The second-order valence-electron chi connectivity index (χ2n) is 7.24. The number of aromatic nitrogens is 1. The van der Waals surface area contributed by atoms with Gasteiger partial charge in [-0.1, -0.05) is 6.07 Å². The van der Waals surface area contributed by atoms with Crippen LogP contribution in [0, 0.1) is 6.92 Å². The summed E-state index contributed by atoms with van der Waals surface area (Å²) >= 11 is 0. The molecule has 0 spiro atoms. The third-order valence-corrected chi connectivity index (χ3v) is 5.44. The Bertz CT molecular complexity index is 856. The van der Waals surface area contributed by atoms with Gasteiger partial charge in [0.25, 0.3) is 5.91 Å². The molecule has 148 valence electrons. The molecule has 1 aliphatic carbocycles. The Labute approximate surface area is 164 Å². The molecule has 4 rings (SSSR count). The van der Waals surface area contributed by atoms with Crippen LogP contribution in [-0.4, -0.2) is 54.4 Å². The highest BCUT2D eigenvalue weighted by molar-refractivity contribution is 6.10. The summed E-state index contributed by atoms with van der Waals surface area (Å²) in [4.78, 5) is 32.1. The van der Waals surface area contributed by atoms with Crippen molar-refractivity contribution in [3.63, 3.8) is 0 Å². The van der Waals surface area contributed by atoms with Crippen molar-refractivity contribution in [1.82, 2.24) is 15.2 Å². The zero-order valence-corrected chi connectivity index (χ0v) is 16.1. The molecule has 0 saturated carbocycles. The molecule has 7 nitrogen and oxygen atoms in total. The predicted octanol–water partition coefficient (Wildman–Crippen LogP) is 2.31. The van der Waals surface area contributed by atoms with Crippen LogP contribution in [-0.2, 0) is 11.2 Å². The number of rotatable bonds is 5. The van der Waals surface area contributed by atoms with Gasteiger partial charge in [0.05, 0.1) is 36.1 Å². The van der Waals surface area contributed by atoms with Crippen molar-refractivity contribution >= 4 is 11.7 Å². The minimum absolute atomic E-state index is 0.00212. The van der Waals surface area contributed by atoms with Crippen LogP contribution >= 0.6 is 0 Å². The smallest absolute Gasteiger partial charge is 0.255 e. The van der Waals surface area contributed by atoms with E-state index in [0.717, 1.165) is 25.2 Å². The molecule has 3 heterocycles. The molecule has 1 amide bonds. The fraction of sp³-hybridized carbons (Fsp3) is 0.476. The third kappa shape index (κ3) is 3.72. The first-order valence-electron chi connectivity index (χ1n) is 9.81. The van der Waals surface area contributed by atoms with Crippen LogP contribution in [0.2, 0.25) is 0 Å². The third-order valence-electron chi connectivity index (χ3n) is 5.44. The van der Waals surface area contributed by atoms with Gasteiger partial charge in [-0.15, -0.1) is 0 Å². The number of nitrogens with zero attached hydrogens (tertiary/aromatic N) is 2. The normalized spacial score (nSPS) is 18.5. The van der Waals surface area contributed by atoms with Gasteiger partial charge in [-0.2, -0.15) is 0 Å². The van der Waals surface area contributed by atoms with Gasteiger partial charge in [-0.3, -0.25) is 19.5 Å². The molecule has 2 aromatic rings. The average molecular weight is 383 g/mol. The van der Waals surface area contributed by atoms with Crippen molar-refractivity contribution in [3.05, 3.63) is 52.7 Å². The molecule has 0 bridgehead atoms. The van der Waals surface area contributed by atoms with Crippen molar-refractivity contribution < 1.29 is 18.7 Å². The summed E-state index contributed by atoms with van der Waals surface area (Å²) in [5.74, 6) is 0.900. The Morgan fingerprint density at radius 2 is 2.11 bits per heavy atom. The van der Waals surface area contributed by atoms with Gasteiger partial charge < -0.3 is 14.5 Å². The Morgan fingerprint density at radius 1 is 1.29 bits per heavy atom. The Balaban J connectivity index is 1.54. The number of aryl methyl sites for hydroxylation is 2. The van der Waals surface area contributed by atoms with E-state index in [1.807, 2.05) is 18.2 Å². The Morgan fingerprint density at radius 3 is 2.86 bits per heavy atom. The van der Waals surface area contributed by atoms with Crippen molar-refractivity contribution in [3.8, 4) is 0 Å². The number of ether oxygens (including phenoxy) is 1. The molecule has 1 aliphatic heterocycles. The quantitative estimate of drug-likeness (QED) is 0.853. The van der Waals surface area contributed by atoms with Crippen molar-refractivity contribution in [1.29, 1.82) is 0 Å². The zero-order valence-electron chi connectivity index (χ0n) is 16.1. The van der Waals surface area contributed by atoms with Crippen LogP contribution in [0.1, 0.15) is 56.8 Å². The Kier molecular flexibility index (Phi) is 5.54. The van der Waals surface area contributed by atoms with Gasteiger partial charge >= 0.3 is 0 Å². The zero-order chi connectivity index (χ0) is 19.5. The van der Waals surface area contributed by atoms with Crippen LogP contribution < -0.4 is 5.32 Å². The summed E-state index contributed by atoms with van der Waals surface area (Å²) in [5.41, 5.74) is 1.77. The lowest BCUT2D eigenvalue weighted by molar-refractivity contribution is 0.0153. The maximum Gasteiger partial charge on any atom is 0.255 e. The number of hydrogen-bond acceptors (Lipinski definition) is 6. The molecule has 1 N–H and O–H groups in total. The fourth-order valence-corrected chi connectivity index (χ4v) is 4.04. The summed E-state index contributed by atoms with van der Waals surface area (Å²) in [6.45, 7) is 5.06. The molecule has 0 unspecified atom stereocenters. The number of carbonyl (C=O) groups is 2. The van der Waals surface area contributed by atoms with Gasteiger partial charge in [-0.05, 0) is 25.5 Å². The molecule has 2 aromatic heterocycles. The first kappa shape index (κ1) is 18.8. The lowest BCUT2D eigenvalue weighted by Gasteiger charge is -2.34. The molecular weight excluding hydrogens is 358 g/mol. The van der Waals surface area contributed by atoms with Crippen LogP contribution in [0.4, 0.5) is 0 Å². The molecule has 2 aliphatic rings. The number of furan rings is 1. The number of morpholine rings is 1. The van der Waals surface area contributed by atoms with Crippen LogP contribution in [0.25, 0.3) is 0 Å². The van der Waals surface area contributed by atoms with Crippen molar-refractivity contribution in [2.24, 2.45) is 0 Å². The van der Waals surface area contributed by atoms with Gasteiger partial charge in [0, 0.05) is 38.7 Å². The molecule has 1 fully saturated rings. The van der Waals surface area contributed by atoms with Crippen LogP contribution in [0.3, 0.4) is 0 Å². The SMILES string of the molecule is Cc1oc2c(c1C(=O)NC[C@H](c1ccccn1)N1CCOCC1)C(=O)CCC2. The molecule has 7 heteroatoms. The first-order valence-corrected chi connectivity index (χ1v) is 9.81. The number of pyridine rings is 1. The first-order chi connectivity index (χ1) is 13.6. The van der Waals surface area contributed by atoms with E-state index in [0.29, 0.717) is 55.2 Å². The summed E-state index contributed by atoms with van der Waals surface area (Å²) in [7, 11) is 0. The van der Waals surface area contributed by atoms with Crippen LogP contribution in [0.15, 0.2) is 28.8 Å². The highest BCUT2D eigenvalue weighted by Crippen LogP contribution is 2.29. The van der Waals surface area contributed by atoms with E-state index < -0.39 is 0 Å². The van der Waals surface area contributed by atoms with Gasteiger partial charge in [0.1, 0.15) is 11.5 Å². The molecular formula is C21H25N3O4. The number of amides is 1. The Hall–Kier alpha value is -2.51. The van der Waals surface area contributed by atoms with Gasteiger partial charge in [0.15, 0.2) is 5.78 Å². The predicted molar refractivity (Wildman–Crippen MR) is 102 cm³/mol. The maximum atomic E-state index is 13.0. The van der Waals surface area contributed by atoms with E-state index in [1.165, 1.54) is 0 Å². The number of carbonyl (C=O) groups excluding carboxylic acids is 2. The molecule has 0 aromatic carbocycles. The minimum atomic E-state index is -0.257. The molecule has 0 radical (unpaired) electrons. The number of fused-ring (bicyclic) bond motifs is 1. The summed E-state index contributed by atoms with van der Waals surface area (Å²) in [5, 5.41) is 3.02. The number of ketones is 1. The van der Waals surface area contributed by atoms with E-state index in [9.17, 15) is 9.59 Å². The summed E-state index contributed by atoms with van der Waals surface area (Å²) in [6.07, 6.45) is 3.72. The topological polar surface area (TPSA) is 84.7 Å². The average Bonchev–Trinajstić information content (AvgIpc) is 3.07. The maximum absolute atomic E-state index is 13.0. The molecule has 28 heavy (non-hydrogen) atoms. The molecule has 1 saturated heterocycles. The minimum Gasteiger partial charge on any atom is -0.465 e. The highest BCUT2D eigenvalue weighted by Gasteiger charge is 2.31.